The van der Waals surface area contributed by atoms with Crippen molar-refractivity contribution in [1.29, 1.82) is 0 Å². The lowest BCUT2D eigenvalue weighted by Crippen LogP contribution is -2.37. The van der Waals surface area contributed by atoms with Gasteiger partial charge in [-0.15, -0.1) is 0 Å². The zero-order valence-corrected chi connectivity index (χ0v) is 12.2. The molecule has 21 heavy (non-hydrogen) atoms. The van der Waals surface area contributed by atoms with Crippen molar-refractivity contribution in [2.75, 3.05) is 39.9 Å². The van der Waals surface area contributed by atoms with Gasteiger partial charge in [0, 0.05) is 45.7 Å². The van der Waals surface area contributed by atoms with Gasteiger partial charge in [0.1, 0.15) is 5.69 Å². The van der Waals surface area contributed by atoms with Crippen LogP contribution in [-0.2, 0) is 9.53 Å². The highest BCUT2D eigenvalue weighted by molar-refractivity contribution is 5.92. The molecule has 1 aliphatic rings. The van der Waals surface area contributed by atoms with E-state index >= 15 is 0 Å². The van der Waals surface area contributed by atoms with E-state index in [1.807, 2.05) is 0 Å². The van der Waals surface area contributed by atoms with Crippen molar-refractivity contribution < 1.29 is 14.3 Å². The van der Waals surface area contributed by atoms with E-state index in [1.54, 1.807) is 16.9 Å². The molecule has 0 unspecified atom stereocenters. The van der Waals surface area contributed by atoms with Gasteiger partial charge in [-0.25, -0.2) is 4.98 Å². The third-order valence-electron chi connectivity index (χ3n) is 3.44. The number of hydrogen-bond donors (Lipinski definition) is 0. The molecule has 0 aromatic carbocycles. The molecular weight excluding hydrogens is 272 g/mol. The van der Waals surface area contributed by atoms with E-state index in [1.165, 1.54) is 18.6 Å². The van der Waals surface area contributed by atoms with Crippen molar-refractivity contribution in [2.45, 2.75) is 12.8 Å². The predicted molar refractivity (Wildman–Crippen MR) is 75.6 cm³/mol. The summed E-state index contributed by atoms with van der Waals surface area (Å²) in [4.78, 5) is 35.7. The molecule has 2 heterocycles. The molecule has 2 rings (SSSR count). The van der Waals surface area contributed by atoms with Crippen LogP contribution in [0.25, 0.3) is 0 Å². The molecule has 1 aromatic heterocycles. The summed E-state index contributed by atoms with van der Waals surface area (Å²) in [5, 5.41) is 0. The van der Waals surface area contributed by atoms with Crippen LogP contribution in [0.4, 0.5) is 0 Å². The van der Waals surface area contributed by atoms with Gasteiger partial charge in [-0.3, -0.25) is 14.6 Å². The summed E-state index contributed by atoms with van der Waals surface area (Å²) in [5.74, 6) is -0.0556. The largest absolute Gasteiger partial charge is 0.384 e. The Hall–Kier alpha value is -2.02. The van der Waals surface area contributed by atoms with Crippen LogP contribution in [0.5, 0.6) is 0 Å². The van der Waals surface area contributed by atoms with Crippen LogP contribution < -0.4 is 0 Å². The number of aromatic nitrogens is 2. The molecule has 114 valence electrons. The fourth-order valence-corrected chi connectivity index (χ4v) is 2.29. The number of hydrogen-bond acceptors (Lipinski definition) is 5. The maximum absolute atomic E-state index is 12.3. The molecule has 1 fully saturated rings. The molecule has 0 saturated carbocycles. The highest BCUT2D eigenvalue weighted by atomic mass is 16.5. The zero-order valence-electron chi connectivity index (χ0n) is 12.2. The maximum atomic E-state index is 12.3. The Morgan fingerprint density at radius 1 is 1.19 bits per heavy atom. The molecule has 7 nitrogen and oxygen atoms in total. The molecule has 1 aromatic rings. The Morgan fingerprint density at radius 3 is 2.67 bits per heavy atom. The number of nitrogens with zero attached hydrogens (tertiary/aromatic N) is 4. The van der Waals surface area contributed by atoms with Gasteiger partial charge in [0.25, 0.3) is 5.91 Å². The van der Waals surface area contributed by atoms with Gasteiger partial charge in [0.2, 0.25) is 5.91 Å². The molecule has 7 heteroatoms. The minimum Gasteiger partial charge on any atom is -0.384 e. The van der Waals surface area contributed by atoms with Crippen LogP contribution in [0.15, 0.2) is 18.6 Å². The predicted octanol–water partition coefficient (Wildman–Crippen LogP) is 0.188. The zero-order chi connectivity index (χ0) is 15.1. The summed E-state index contributed by atoms with van der Waals surface area (Å²) in [6, 6.07) is 0. The molecule has 0 aliphatic carbocycles. The van der Waals surface area contributed by atoms with Gasteiger partial charge in [0.15, 0.2) is 0 Å². The van der Waals surface area contributed by atoms with Gasteiger partial charge in [-0.2, -0.15) is 0 Å². The fraction of sp³-hybridized carbons (Fsp3) is 0.571. The Balaban J connectivity index is 1.91. The summed E-state index contributed by atoms with van der Waals surface area (Å²) in [6.45, 7) is 2.80. The first-order chi connectivity index (χ1) is 10.2. The molecule has 1 saturated heterocycles. The number of amides is 2. The maximum Gasteiger partial charge on any atom is 0.274 e. The van der Waals surface area contributed by atoms with E-state index in [4.69, 9.17) is 4.74 Å². The Morgan fingerprint density at radius 2 is 1.95 bits per heavy atom. The highest BCUT2D eigenvalue weighted by Gasteiger charge is 2.23. The lowest BCUT2D eigenvalue weighted by molar-refractivity contribution is -0.132. The highest BCUT2D eigenvalue weighted by Crippen LogP contribution is 2.08. The van der Waals surface area contributed by atoms with Gasteiger partial charge in [-0.1, -0.05) is 0 Å². The van der Waals surface area contributed by atoms with Crippen molar-refractivity contribution in [3.8, 4) is 0 Å². The molecule has 0 spiro atoms. The minimum atomic E-state index is -0.130. The van der Waals surface area contributed by atoms with Crippen molar-refractivity contribution in [2.24, 2.45) is 0 Å². The van der Waals surface area contributed by atoms with Gasteiger partial charge < -0.3 is 14.5 Å². The van der Waals surface area contributed by atoms with Crippen molar-refractivity contribution in [3.63, 3.8) is 0 Å². The lowest BCUT2D eigenvalue weighted by atomic mass is 10.3. The first-order valence-electron chi connectivity index (χ1n) is 7.04. The number of ether oxygens (including phenoxy) is 1. The first kappa shape index (κ1) is 15.4. The fourth-order valence-electron chi connectivity index (χ4n) is 2.29. The average molecular weight is 292 g/mol. The molecule has 2 amide bonds. The molecule has 0 atom stereocenters. The van der Waals surface area contributed by atoms with E-state index in [0.29, 0.717) is 44.9 Å². The summed E-state index contributed by atoms with van der Waals surface area (Å²) >= 11 is 0. The van der Waals surface area contributed by atoms with E-state index in [0.717, 1.165) is 6.42 Å². The first-order valence-corrected chi connectivity index (χ1v) is 7.04. The average Bonchev–Trinajstić information content (AvgIpc) is 2.79. The second-order valence-electron chi connectivity index (χ2n) is 4.86. The van der Waals surface area contributed by atoms with Crippen molar-refractivity contribution >= 4 is 11.8 Å². The smallest absolute Gasteiger partial charge is 0.274 e. The Labute approximate surface area is 123 Å². The van der Waals surface area contributed by atoms with Gasteiger partial charge in [0.05, 0.1) is 19.2 Å². The third kappa shape index (κ3) is 4.22. The van der Waals surface area contributed by atoms with Crippen LogP contribution in [0, 0.1) is 0 Å². The van der Waals surface area contributed by atoms with Crippen LogP contribution in [0.3, 0.4) is 0 Å². The van der Waals surface area contributed by atoms with Crippen LogP contribution >= 0.6 is 0 Å². The number of rotatable bonds is 4. The standard InChI is InChI=1S/C14H20N4O3/c1-21-10-3-13(19)17-6-2-7-18(9-8-17)14(20)12-11-15-4-5-16-12/h4-5,11H,2-3,6-10H2,1H3. The van der Waals surface area contributed by atoms with Crippen molar-refractivity contribution in [3.05, 3.63) is 24.3 Å². The van der Waals surface area contributed by atoms with E-state index in [9.17, 15) is 9.59 Å². The van der Waals surface area contributed by atoms with E-state index < -0.39 is 0 Å². The minimum absolute atomic E-state index is 0.0747. The Kier molecular flexibility index (Phi) is 5.62. The summed E-state index contributed by atoms with van der Waals surface area (Å²) < 4.78 is 4.92. The van der Waals surface area contributed by atoms with Crippen LogP contribution in [0.1, 0.15) is 23.3 Å². The molecule has 0 bridgehead atoms. The van der Waals surface area contributed by atoms with Crippen LogP contribution in [0.2, 0.25) is 0 Å². The van der Waals surface area contributed by atoms with Crippen LogP contribution in [-0.4, -0.2) is 71.5 Å². The molecule has 0 N–H and O–H groups in total. The number of carbonyl (C=O) groups is 2. The second kappa shape index (κ2) is 7.68. The SMILES string of the molecule is COCCC(=O)N1CCCN(C(=O)c2cnccn2)CC1. The van der Waals surface area contributed by atoms with E-state index in [-0.39, 0.29) is 11.8 Å². The quantitative estimate of drug-likeness (QED) is 0.791. The normalized spacial score (nSPS) is 15.7. The molecular formula is C14H20N4O3. The van der Waals surface area contributed by atoms with E-state index in [2.05, 4.69) is 9.97 Å². The molecule has 0 radical (unpaired) electrons. The number of methoxy groups -OCH3 is 1. The second-order valence-corrected chi connectivity index (χ2v) is 4.86. The van der Waals surface area contributed by atoms with Gasteiger partial charge in [-0.05, 0) is 6.42 Å². The molecule has 1 aliphatic heterocycles. The third-order valence-corrected chi connectivity index (χ3v) is 3.44. The summed E-state index contributed by atoms with van der Waals surface area (Å²) in [5.41, 5.74) is 0.344. The Bertz CT molecular complexity index is 480. The summed E-state index contributed by atoms with van der Waals surface area (Å²) in [6.07, 6.45) is 5.66. The summed E-state index contributed by atoms with van der Waals surface area (Å²) in [7, 11) is 1.58. The van der Waals surface area contributed by atoms with Gasteiger partial charge >= 0.3 is 0 Å². The monoisotopic (exact) mass is 292 g/mol. The van der Waals surface area contributed by atoms with Crippen molar-refractivity contribution in [1.82, 2.24) is 19.8 Å². The topological polar surface area (TPSA) is 75.6 Å². The number of carbonyl (C=O) groups excluding carboxylic acids is 2. The lowest BCUT2D eigenvalue weighted by Gasteiger charge is -2.21.